The van der Waals surface area contributed by atoms with Crippen LogP contribution in [0.25, 0.3) is 0 Å². The van der Waals surface area contributed by atoms with E-state index in [2.05, 4.69) is 29.6 Å². The van der Waals surface area contributed by atoms with Crippen molar-refractivity contribution >= 4 is 29.4 Å². The monoisotopic (exact) mass is 369 g/mol. The molecule has 2 aromatic carbocycles. The van der Waals surface area contributed by atoms with E-state index in [9.17, 15) is 4.79 Å². The number of hydrogen-bond acceptors (Lipinski definition) is 4. The fourth-order valence-corrected chi connectivity index (χ4v) is 3.95. The average molecular weight is 370 g/mol. The first-order chi connectivity index (χ1) is 12.3. The summed E-state index contributed by atoms with van der Waals surface area (Å²) >= 11 is 3.41. The highest BCUT2D eigenvalue weighted by Gasteiger charge is 2.15. The summed E-state index contributed by atoms with van der Waals surface area (Å²) in [5.41, 5.74) is 0.919. The van der Waals surface area contributed by atoms with Gasteiger partial charge >= 0.3 is 0 Å². The molecule has 0 aliphatic rings. The molecule has 0 aliphatic carbocycles. The minimum Gasteiger partial charge on any atom is -0.459 e. The Morgan fingerprint density at radius 1 is 0.880 bits per heavy atom. The van der Waals surface area contributed by atoms with Crippen molar-refractivity contribution in [2.75, 3.05) is 12.3 Å². The zero-order valence-corrected chi connectivity index (χ0v) is 15.3. The van der Waals surface area contributed by atoms with Gasteiger partial charge in [-0.3, -0.25) is 4.79 Å². The molecule has 1 heterocycles. The van der Waals surface area contributed by atoms with Gasteiger partial charge in [0.25, 0.3) is 5.91 Å². The van der Waals surface area contributed by atoms with Crippen molar-refractivity contribution in [3.8, 4) is 0 Å². The topological polar surface area (TPSA) is 42.2 Å². The van der Waals surface area contributed by atoms with Gasteiger partial charge in [0.2, 0.25) is 0 Å². The van der Waals surface area contributed by atoms with Crippen LogP contribution in [0.15, 0.2) is 87.2 Å². The van der Waals surface area contributed by atoms with Gasteiger partial charge in [0.15, 0.2) is 5.76 Å². The minimum atomic E-state index is -0.151. The Morgan fingerprint density at radius 2 is 1.52 bits per heavy atom. The van der Waals surface area contributed by atoms with Crippen LogP contribution in [-0.2, 0) is 5.75 Å². The number of carbonyl (C=O) groups excluding carboxylic acids is 1. The lowest BCUT2D eigenvalue weighted by molar-refractivity contribution is 0.0927. The fourth-order valence-electron chi connectivity index (χ4n) is 2.26. The molecule has 0 aliphatic heterocycles. The largest absolute Gasteiger partial charge is 0.459 e. The molecular formula is C20H19NO2S2. The predicted molar refractivity (Wildman–Crippen MR) is 104 cm³/mol. The van der Waals surface area contributed by atoms with Gasteiger partial charge < -0.3 is 9.73 Å². The van der Waals surface area contributed by atoms with Crippen LogP contribution in [-0.4, -0.2) is 18.2 Å². The summed E-state index contributed by atoms with van der Waals surface area (Å²) in [5.74, 6) is 1.79. The van der Waals surface area contributed by atoms with Gasteiger partial charge in [-0.25, -0.2) is 0 Å². The Morgan fingerprint density at radius 3 is 2.20 bits per heavy atom. The van der Waals surface area contributed by atoms with Gasteiger partial charge in [-0.2, -0.15) is 0 Å². The van der Waals surface area contributed by atoms with E-state index in [0.29, 0.717) is 18.1 Å². The number of nitrogens with one attached hydrogen (secondary N) is 1. The summed E-state index contributed by atoms with van der Waals surface area (Å²) in [4.78, 5) is 14.7. The molecular weight excluding hydrogens is 350 g/mol. The molecule has 25 heavy (non-hydrogen) atoms. The Bertz CT molecular complexity index is 788. The van der Waals surface area contributed by atoms with E-state index in [1.807, 2.05) is 42.5 Å². The lowest BCUT2D eigenvalue weighted by atomic mass is 10.2. The van der Waals surface area contributed by atoms with E-state index < -0.39 is 0 Å². The van der Waals surface area contributed by atoms with Crippen molar-refractivity contribution in [3.05, 3.63) is 84.3 Å². The summed E-state index contributed by atoms with van der Waals surface area (Å²) in [5, 5.41) is 2.93. The van der Waals surface area contributed by atoms with Gasteiger partial charge in [0.05, 0.1) is 6.26 Å². The molecule has 0 fully saturated rings. The van der Waals surface area contributed by atoms with Crippen LogP contribution in [0.4, 0.5) is 0 Å². The Balaban J connectivity index is 1.47. The zero-order chi connectivity index (χ0) is 17.3. The summed E-state index contributed by atoms with van der Waals surface area (Å²) in [6.07, 6.45) is 1.58. The van der Waals surface area contributed by atoms with Gasteiger partial charge in [-0.15, -0.1) is 23.5 Å². The second-order valence-corrected chi connectivity index (χ2v) is 7.51. The third-order valence-electron chi connectivity index (χ3n) is 3.49. The molecule has 1 N–H and O–H groups in total. The summed E-state index contributed by atoms with van der Waals surface area (Å²) in [6, 6.07) is 22.2. The van der Waals surface area contributed by atoms with Crippen molar-refractivity contribution in [3.63, 3.8) is 0 Å². The molecule has 5 heteroatoms. The second kappa shape index (κ2) is 9.39. The minimum absolute atomic E-state index is 0.151. The van der Waals surface area contributed by atoms with Crippen molar-refractivity contribution in [1.29, 1.82) is 0 Å². The van der Waals surface area contributed by atoms with Crippen LogP contribution in [0.5, 0.6) is 0 Å². The quantitative estimate of drug-likeness (QED) is 0.443. The molecule has 1 aromatic heterocycles. The van der Waals surface area contributed by atoms with Gasteiger partial charge in [-0.1, -0.05) is 36.4 Å². The molecule has 3 aromatic rings. The lowest BCUT2D eigenvalue weighted by Gasteiger charge is -2.06. The standard InChI is InChI=1S/C20H19NO2S2/c22-20(21-12-14-24-17-7-3-1-4-8-17)19-16(11-13-23-19)15-25-18-9-5-2-6-10-18/h1-11,13H,12,14-15H2,(H,21,22). The first kappa shape index (κ1) is 17.7. The van der Waals surface area contributed by atoms with Gasteiger partial charge in [0, 0.05) is 33.4 Å². The number of benzene rings is 2. The lowest BCUT2D eigenvalue weighted by Crippen LogP contribution is -2.26. The van der Waals surface area contributed by atoms with E-state index in [4.69, 9.17) is 4.42 Å². The molecule has 128 valence electrons. The van der Waals surface area contributed by atoms with Crippen molar-refractivity contribution in [2.45, 2.75) is 15.5 Å². The molecule has 0 atom stereocenters. The first-order valence-electron chi connectivity index (χ1n) is 8.03. The van der Waals surface area contributed by atoms with Crippen LogP contribution in [0.2, 0.25) is 0 Å². The second-order valence-electron chi connectivity index (χ2n) is 5.29. The number of hydrogen-bond donors (Lipinski definition) is 1. The fraction of sp³-hybridized carbons (Fsp3) is 0.150. The molecule has 0 bridgehead atoms. The highest BCUT2D eigenvalue weighted by atomic mass is 32.2. The van der Waals surface area contributed by atoms with Crippen molar-refractivity contribution in [1.82, 2.24) is 5.32 Å². The highest BCUT2D eigenvalue weighted by Crippen LogP contribution is 2.24. The number of carbonyl (C=O) groups is 1. The number of rotatable bonds is 8. The molecule has 1 amide bonds. The summed E-state index contributed by atoms with van der Waals surface area (Å²) in [7, 11) is 0. The van der Waals surface area contributed by atoms with E-state index in [1.165, 1.54) is 9.79 Å². The summed E-state index contributed by atoms with van der Waals surface area (Å²) < 4.78 is 5.40. The van der Waals surface area contributed by atoms with Crippen molar-refractivity contribution < 1.29 is 9.21 Å². The van der Waals surface area contributed by atoms with Gasteiger partial charge in [-0.05, 0) is 30.3 Å². The third kappa shape index (κ3) is 5.44. The summed E-state index contributed by atoms with van der Waals surface area (Å²) in [6.45, 7) is 0.602. The van der Waals surface area contributed by atoms with Crippen LogP contribution in [0.3, 0.4) is 0 Å². The highest BCUT2D eigenvalue weighted by molar-refractivity contribution is 7.99. The molecule has 3 rings (SSSR count). The molecule has 0 radical (unpaired) electrons. The Hall–Kier alpha value is -2.11. The van der Waals surface area contributed by atoms with E-state index >= 15 is 0 Å². The van der Waals surface area contributed by atoms with Crippen LogP contribution in [0.1, 0.15) is 16.1 Å². The maximum atomic E-state index is 12.3. The SMILES string of the molecule is O=C(NCCSc1ccccc1)c1occc1CSc1ccccc1. The number of furan rings is 1. The Kier molecular flexibility index (Phi) is 6.65. The average Bonchev–Trinajstić information content (AvgIpc) is 3.14. The molecule has 0 saturated heterocycles. The van der Waals surface area contributed by atoms with Crippen molar-refractivity contribution in [2.24, 2.45) is 0 Å². The van der Waals surface area contributed by atoms with E-state index in [-0.39, 0.29) is 5.91 Å². The van der Waals surface area contributed by atoms with Crippen LogP contribution < -0.4 is 5.32 Å². The van der Waals surface area contributed by atoms with E-state index in [0.717, 1.165) is 11.3 Å². The molecule has 0 spiro atoms. The molecule has 3 nitrogen and oxygen atoms in total. The first-order valence-corrected chi connectivity index (χ1v) is 10.0. The normalized spacial score (nSPS) is 10.6. The molecule has 0 saturated carbocycles. The van der Waals surface area contributed by atoms with Crippen LogP contribution >= 0.6 is 23.5 Å². The van der Waals surface area contributed by atoms with Crippen LogP contribution in [0, 0.1) is 0 Å². The predicted octanol–water partition coefficient (Wildman–Crippen LogP) is 5.09. The maximum Gasteiger partial charge on any atom is 0.287 e. The maximum absolute atomic E-state index is 12.3. The Labute approximate surface area is 156 Å². The van der Waals surface area contributed by atoms with E-state index in [1.54, 1.807) is 29.8 Å². The smallest absolute Gasteiger partial charge is 0.287 e. The zero-order valence-electron chi connectivity index (χ0n) is 13.7. The number of amides is 1. The number of thioether (sulfide) groups is 2. The van der Waals surface area contributed by atoms with Gasteiger partial charge in [0.1, 0.15) is 0 Å². The molecule has 0 unspecified atom stereocenters. The third-order valence-corrected chi connectivity index (χ3v) is 5.56.